The summed E-state index contributed by atoms with van der Waals surface area (Å²) >= 11 is 8.91. The number of carbonyl (C=O) groups excluding carboxylic acids is 1. The van der Waals surface area contributed by atoms with Crippen molar-refractivity contribution in [3.05, 3.63) is 73.2 Å². The van der Waals surface area contributed by atoms with Gasteiger partial charge in [0.2, 0.25) is 0 Å². The highest BCUT2D eigenvalue weighted by atomic mass is 35.5. The molecule has 1 aliphatic heterocycles. The largest absolute Gasteiger partial charge is 0.497 e. The minimum Gasteiger partial charge on any atom is -0.497 e. The number of fused-ring (bicyclic) bond motifs is 1. The molecule has 0 saturated heterocycles. The van der Waals surface area contributed by atoms with Crippen LogP contribution in [0.15, 0.2) is 57.9 Å². The average molecular weight is 612 g/mol. The number of thiophene rings is 1. The molecule has 1 aromatic heterocycles. The highest BCUT2D eigenvalue weighted by Crippen LogP contribution is 2.50. The van der Waals surface area contributed by atoms with E-state index in [0.717, 1.165) is 54.0 Å². The van der Waals surface area contributed by atoms with Crippen LogP contribution in [0.25, 0.3) is 5.57 Å². The monoisotopic (exact) mass is 611 g/mol. The normalized spacial score (nSPS) is 21.1. The number of hydrogen-bond acceptors (Lipinski definition) is 4. The highest BCUT2D eigenvalue weighted by Gasteiger charge is 2.43. The minimum absolute atomic E-state index is 0.110. The summed E-state index contributed by atoms with van der Waals surface area (Å²) in [6.45, 7) is 15.3. The molecule has 2 heterocycles. The number of carbonyl (C=O) groups is 1. The molecule has 230 valence electrons. The molecule has 0 aromatic carbocycles. The molecular weight excluding hydrogens is 562 g/mol. The van der Waals surface area contributed by atoms with E-state index in [1.807, 2.05) is 37.0 Å². The molecule has 6 heteroatoms. The van der Waals surface area contributed by atoms with Crippen molar-refractivity contribution in [2.24, 2.45) is 11.8 Å². The van der Waals surface area contributed by atoms with Gasteiger partial charge in [-0.25, -0.2) is 4.79 Å². The van der Waals surface area contributed by atoms with Crippen LogP contribution in [-0.2, 0) is 15.9 Å². The maximum Gasteiger partial charge on any atom is 0.410 e. The maximum atomic E-state index is 13.2. The van der Waals surface area contributed by atoms with E-state index in [-0.39, 0.29) is 12.1 Å². The zero-order valence-corrected chi connectivity index (χ0v) is 28.5. The number of nitrogens with zero attached hydrogens (tertiary/aromatic N) is 1. The molecule has 2 atom stereocenters. The van der Waals surface area contributed by atoms with Crippen LogP contribution in [0.2, 0.25) is 0 Å². The summed E-state index contributed by atoms with van der Waals surface area (Å²) in [4.78, 5) is 17.8. The fourth-order valence-electron chi connectivity index (χ4n) is 5.86. The van der Waals surface area contributed by atoms with Gasteiger partial charge in [-0.2, -0.15) is 0 Å². The lowest BCUT2D eigenvalue weighted by Gasteiger charge is -2.37. The second-order valence-electron chi connectivity index (χ2n) is 13.0. The van der Waals surface area contributed by atoms with Crippen molar-refractivity contribution < 1.29 is 14.3 Å². The van der Waals surface area contributed by atoms with Crippen LogP contribution in [0, 0.1) is 11.8 Å². The summed E-state index contributed by atoms with van der Waals surface area (Å²) < 4.78 is 11.6. The Morgan fingerprint density at radius 1 is 1.19 bits per heavy atom. The van der Waals surface area contributed by atoms with Crippen LogP contribution >= 0.6 is 22.9 Å². The number of ether oxygens (including phenoxy) is 2. The van der Waals surface area contributed by atoms with Crippen molar-refractivity contribution in [3.8, 4) is 0 Å². The topological polar surface area (TPSA) is 38.8 Å². The third-order valence-electron chi connectivity index (χ3n) is 8.53. The van der Waals surface area contributed by atoms with E-state index in [9.17, 15) is 4.79 Å². The number of hydrogen-bond donors (Lipinski definition) is 0. The fraction of sp³-hybridized carbons (Fsp3) is 0.583. The van der Waals surface area contributed by atoms with E-state index in [0.29, 0.717) is 18.4 Å². The number of amides is 1. The van der Waals surface area contributed by atoms with Crippen molar-refractivity contribution >= 4 is 34.6 Å². The summed E-state index contributed by atoms with van der Waals surface area (Å²) in [6.07, 6.45) is 17.3. The molecular formula is C36H50ClNO3S. The second-order valence-corrected chi connectivity index (χ2v) is 14.6. The number of allylic oxidation sites excluding steroid dienone is 9. The zero-order chi connectivity index (χ0) is 30.6. The van der Waals surface area contributed by atoms with E-state index in [4.69, 9.17) is 21.1 Å². The van der Waals surface area contributed by atoms with Crippen molar-refractivity contribution in [1.82, 2.24) is 4.90 Å². The Kier molecular flexibility index (Phi) is 10.9. The predicted octanol–water partition coefficient (Wildman–Crippen LogP) is 10.9. The van der Waals surface area contributed by atoms with Gasteiger partial charge < -0.3 is 14.4 Å². The summed E-state index contributed by atoms with van der Waals surface area (Å²) in [5, 5.41) is 0.774. The molecule has 0 spiro atoms. The summed E-state index contributed by atoms with van der Waals surface area (Å²) in [5.41, 5.74) is 5.65. The smallest absolute Gasteiger partial charge is 0.410 e. The van der Waals surface area contributed by atoms with E-state index in [2.05, 4.69) is 58.1 Å². The lowest BCUT2D eigenvalue weighted by molar-refractivity contribution is 0.0118. The summed E-state index contributed by atoms with van der Waals surface area (Å²) in [6, 6.07) is 2.46. The van der Waals surface area contributed by atoms with E-state index >= 15 is 0 Å². The van der Waals surface area contributed by atoms with Gasteiger partial charge in [-0.1, -0.05) is 50.6 Å². The number of halogens is 1. The van der Waals surface area contributed by atoms with Gasteiger partial charge >= 0.3 is 6.09 Å². The Morgan fingerprint density at radius 3 is 2.45 bits per heavy atom. The Bertz CT molecular complexity index is 1300. The predicted molar refractivity (Wildman–Crippen MR) is 178 cm³/mol. The van der Waals surface area contributed by atoms with Crippen LogP contribution in [0.4, 0.5) is 4.79 Å². The Labute approximate surface area is 263 Å². The van der Waals surface area contributed by atoms with E-state index in [1.165, 1.54) is 45.7 Å². The zero-order valence-electron chi connectivity index (χ0n) is 26.9. The summed E-state index contributed by atoms with van der Waals surface area (Å²) in [7, 11) is 1.76. The first-order valence-electron chi connectivity index (χ1n) is 15.8. The Hall–Kier alpha value is -2.24. The lowest BCUT2D eigenvalue weighted by Crippen LogP contribution is -2.43. The van der Waals surface area contributed by atoms with Gasteiger partial charge in [0, 0.05) is 21.3 Å². The lowest BCUT2D eigenvalue weighted by atomic mass is 9.89. The Morgan fingerprint density at radius 2 is 1.90 bits per heavy atom. The molecule has 0 bridgehead atoms. The molecule has 4 rings (SSSR count). The molecule has 1 aromatic rings. The SMILES string of the molecule is CC\C=C(/C=C\C(=C(Cl)\C=C(/C)C(OC)=C1CCC1)C(C)CC)c1cc2c(s1)CCN(C(=O)OC(C)(C)C)C2C1CC1. The molecule has 42 heavy (non-hydrogen) atoms. The van der Waals surface area contributed by atoms with E-state index in [1.54, 1.807) is 7.11 Å². The molecule has 2 saturated carbocycles. The molecule has 4 nitrogen and oxygen atoms in total. The van der Waals surface area contributed by atoms with Crippen molar-refractivity contribution in [3.63, 3.8) is 0 Å². The number of rotatable bonds is 10. The second kappa shape index (κ2) is 14.0. The van der Waals surface area contributed by atoms with Gasteiger partial charge in [0.15, 0.2) is 0 Å². The molecule has 2 aliphatic carbocycles. The first kappa shape index (κ1) is 32.7. The maximum absolute atomic E-state index is 13.2. The molecule has 2 unspecified atom stereocenters. The van der Waals surface area contributed by atoms with Crippen LogP contribution in [-0.4, -0.2) is 30.2 Å². The standard InChI is InChI=1S/C36H50ClNO3S/c1-9-12-25(17-18-28(23(3)10-2)30(37)21-24(4)34(40-8)27-13-11-14-27)32-22-29-31(42-32)19-20-38(33(29)26-15-16-26)35(39)41-36(5,6)7/h12,17-18,21-23,26,33H,9-11,13-16,19-20H2,1-8H3/b18-17-,24-21+,25-12+,30-28+. The first-order chi connectivity index (χ1) is 20.0. The molecule has 0 radical (unpaired) electrons. The Balaban J connectivity index is 1.65. The van der Waals surface area contributed by atoms with Crippen LogP contribution in [0.1, 0.15) is 115 Å². The van der Waals surface area contributed by atoms with Gasteiger partial charge in [-0.05, 0) is 131 Å². The van der Waals surface area contributed by atoms with Gasteiger partial charge in [-0.3, -0.25) is 0 Å². The molecule has 1 amide bonds. The third-order valence-corrected chi connectivity index (χ3v) is 10.1. The van der Waals surface area contributed by atoms with Gasteiger partial charge in [0.1, 0.15) is 11.4 Å². The average Bonchev–Trinajstić information content (AvgIpc) is 3.65. The van der Waals surface area contributed by atoms with Crippen LogP contribution < -0.4 is 0 Å². The van der Waals surface area contributed by atoms with Crippen molar-refractivity contribution in [2.75, 3.05) is 13.7 Å². The van der Waals surface area contributed by atoms with Crippen molar-refractivity contribution in [1.29, 1.82) is 0 Å². The van der Waals surface area contributed by atoms with E-state index < -0.39 is 5.60 Å². The third kappa shape index (κ3) is 7.82. The van der Waals surface area contributed by atoms with Gasteiger partial charge in [0.05, 0.1) is 13.2 Å². The van der Waals surface area contributed by atoms with Gasteiger partial charge in [0.25, 0.3) is 0 Å². The molecule has 2 fully saturated rings. The quantitative estimate of drug-likeness (QED) is 0.195. The van der Waals surface area contributed by atoms with Crippen molar-refractivity contribution in [2.45, 2.75) is 111 Å². The van der Waals surface area contributed by atoms with Crippen LogP contribution in [0.5, 0.6) is 0 Å². The minimum atomic E-state index is -0.498. The number of methoxy groups -OCH3 is 1. The molecule has 3 aliphatic rings. The van der Waals surface area contributed by atoms with Gasteiger partial charge in [-0.15, -0.1) is 11.3 Å². The molecule has 0 N–H and O–H groups in total. The summed E-state index contributed by atoms with van der Waals surface area (Å²) in [5.74, 6) is 1.84. The highest BCUT2D eigenvalue weighted by molar-refractivity contribution is 7.13. The fourth-order valence-corrected chi connectivity index (χ4v) is 7.48. The van der Waals surface area contributed by atoms with Crippen LogP contribution in [0.3, 0.4) is 0 Å². The first-order valence-corrected chi connectivity index (χ1v) is 17.0.